The lowest BCUT2D eigenvalue weighted by Gasteiger charge is -2.28. The highest BCUT2D eigenvalue weighted by Gasteiger charge is 2.29. The number of carbonyl (C=O) groups is 3. The minimum atomic E-state index is -0.764. The first-order valence-electron chi connectivity index (χ1n) is 14.0. The van der Waals surface area contributed by atoms with E-state index in [1.807, 2.05) is 66.7 Å². The highest BCUT2D eigenvalue weighted by molar-refractivity contribution is 5.86. The van der Waals surface area contributed by atoms with Crippen molar-refractivity contribution in [3.05, 3.63) is 77.9 Å². The van der Waals surface area contributed by atoms with Crippen molar-refractivity contribution < 1.29 is 29.0 Å². The van der Waals surface area contributed by atoms with Crippen LogP contribution in [-0.2, 0) is 32.1 Å². The van der Waals surface area contributed by atoms with E-state index in [0.29, 0.717) is 25.9 Å². The van der Waals surface area contributed by atoms with Crippen molar-refractivity contribution in [1.29, 1.82) is 0 Å². The summed E-state index contributed by atoms with van der Waals surface area (Å²) >= 11 is 0. The van der Waals surface area contributed by atoms with Crippen LogP contribution in [0.2, 0.25) is 0 Å². The van der Waals surface area contributed by atoms with Gasteiger partial charge in [0, 0.05) is 12.8 Å². The van der Waals surface area contributed by atoms with E-state index >= 15 is 0 Å². The average molecular weight is 551 g/mol. The second kappa shape index (κ2) is 15.8. The van der Waals surface area contributed by atoms with Gasteiger partial charge in [0.15, 0.2) is 0 Å². The van der Waals surface area contributed by atoms with E-state index < -0.39 is 17.5 Å². The van der Waals surface area contributed by atoms with Gasteiger partial charge in [0.25, 0.3) is 0 Å². The van der Waals surface area contributed by atoms with Crippen LogP contribution in [-0.4, -0.2) is 47.7 Å². The summed E-state index contributed by atoms with van der Waals surface area (Å²) in [5, 5.41) is 15.7. The second-order valence-electron chi connectivity index (χ2n) is 11.0. The monoisotopic (exact) mass is 550 g/mol. The van der Waals surface area contributed by atoms with Crippen LogP contribution >= 0.6 is 0 Å². The molecule has 1 aliphatic heterocycles. The van der Waals surface area contributed by atoms with Crippen molar-refractivity contribution >= 4 is 17.8 Å². The molecule has 0 fully saturated rings. The van der Waals surface area contributed by atoms with E-state index in [4.69, 9.17) is 9.47 Å². The van der Waals surface area contributed by atoms with Gasteiger partial charge in [-0.25, -0.2) is 0 Å². The number of benzene rings is 2. The van der Waals surface area contributed by atoms with Crippen LogP contribution in [0, 0.1) is 5.92 Å². The fourth-order valence-electron chi connectivity index (χ4n) is 4.42. The predicted octanol–water partition coefficient (Wildman–Crippen LogP) is 4.25. The molecule has 0 aromatic heterocycles. The molecule has 3 rings (SSSR count). The van der Waals surface area contributed by atoms with Crippen molar-refractivity contribution in [2.45, 2.75) is 77.0 Å². The van der Waals surface area contributed by atoms with E-state index in [9.17, 15) is 19.5 Å². The number of amides is 2. The number of nitrogens with one attached hydrogen (secondary N) is 2. The molecule has 2 unspecified atom stereocenters. The number of allylic oxidation sites excluding steroid dienone is 2. The number of esters is 1. The number of hydrogen-bond donors (Lipinski definition) is 3. The number of carbonyl (C=O) groups excluding carboxylic acids is 3. The molecule has 0 spiro atoms. The smallest absolute Gasteiger partial charge is 0.305 e. The molecule has 0 bridgehead atoms. The van der Waals surface area contributed by atoms with Gasteiger partial charge in [-0.2, -0.15) is 0 Å². The zero-order valence-electron chi connectivity index (χ0n) is 23.6. The van der Waals surface area contributed by atoms with Gasteiger partial charge in [-0.3, -0.25) is 14.4 Å². The quantitative estimate of drug-likeness (QED) is 0.318. The van der Waals surface area contributed by atoms with Crippen LogP contribution in [0.25, 0.3) is 0 Å². The molecule has 2 aromatic rings. The van der Waals surface area contributed by atoms with E-state index in [2.05, 4.69) is 10.6 Å². The highest BCUT2D eigenvalue weighted by Crippen LogP contribution is 2.18. The normalized spacial score (nSPS) is 19.0. The Hall–Kier alpha value is -3.65. The molecule has 3 N–H and O–H groups in total. The summed E-state index contributed by atoms with van der Waals surface area (Å²) in [7, 11) is 0. The van der Waals surface area contributed by atoms with Gasteiger partial charge in [0.05, 0.1) is 24.1 Å². The summed E-state index contributed by atoms with van der Waals surface area (Å²) < 4.78 is 11.2. The zero-order chi connectivity index (χ0) is 28.8. The summed E-state index contributed by atoms with van der Waals surface area (Å²) in [6.45, 7) is 3.89. The maximum Gasteiger partial charge on any atom is 0.305 e. The summed E-state index contributed by atoms with van der Waals surface area (Å²) in [4.78, 5) is 38.0. The third-order valence-electron chi connectivity index (χ3n) is 6.69. The Morgan fingerprint density at radius 3 is 2.55 bits per heavy atom. The molecule has 8 heteroatoms. The van der Waals surface area contributed by atoms with Gasteiger partial charge < -0.3 is 25.2 Å². The van der Waals surface area contributed by atoms with Crippen molar-refractivity contribution in [3.63, 3.8) is 0 Å². The molecule has 2 atom stereocenters. The van der Waals surface area contributed by atoms with Crippen molar-refractivity contribution in [3.8, 4) is 5.75 Å². The molecule has 0 saturated heterocycles. The van der Waals surface area contributed by atoms with Gasteiger partial charge in [-0.15, -0.1) is 0 Å². The number of aliphatic hydroxyl groups is 1. The maximum atomic E-state index is 13.1. The summed E-state index contributed by atoms with van der Waals surface area (Å²) in [6.07, 6.45) is 7.51. The van der Waals surface area contributed by atoms with Crippen molar-refractivity contribution in [1.82, 2.24) is 10.6 Å². The summed E-state index contributed by atoms with van der Waals surface area (Å²) in [6, 6.07) is 17.0. The van der Waals surface area contributed by atoms with Crippen LogP contribution < -0.4 is 15.4 Å². The van der Waals surface area contributed by atoms with E-state index in [1.165, 1.54) is 0 Å². The Kier molecular flexibility index (Phi) is 12.2. The summed E-state index contributed by atoms with van der Waals surface area (Å²) in [5.41, 5.74) is 1.26. The van der Waals surface area contributed by atoms with Crippen molar-refractivity contribution in [2.75, 3.05) is 13.2 Å². The second-order valence-corrected chi connectivity index (χ2v) is 11.0. The molecule has 1 aliphatic rings. The molecule has 216 valence electrons. The predicted molar refractivity (Wildman–Crippen MR) is 153 cm³/mol. The molecule has 0 radical (unpaired) electrons. The van der Waals surface area contributed by atoms with Crippen LogP contribution in [0.5, 0.6) is 5.75 Å². The van der Waals surface area contributed by atoms with Crippen LogP contribution in [0.15, 0.2) is 66.7 Å². The molecule has 40 heavy (non-hydrogen) atoms. The Bertz CT molecular complexity index is 1110. The maximum absolute atomic E-state index is 13.1. The lowest BCUT2D eigenvalue weighted by atomic mass is 9.96. The van der Waals surface area contributed by atoms with Gasteiger partial charge in [-0.05, 0) is 69.2 Å². The Morgan fingerprint density at radius 1 is 1.07 bits per heavy atom. The molecule has 2 aromatic carbocycles. The van der Waals surface area contributed by atoms with Crippen LogP contribution in [0.3, 0.4) is 0 Å². The molecule has 0 saturated carbocycles. The minimum Gasteiger partial charge on any atom is -0.489 e. The SMILES string of the molecule is CC1(C)COC(=O)CCCCC=CCC(CC(=O)NC(CO)Cc2ccc(OCc3ccccc3)cc2)C(=O)N1. The molecule has 2 amide bonds. The van der Waals surface area contributed by atoms with E-state index in [0.717, 1.165) is 36.1 Å². The first-order valence-corrected chi connectivity index (χ1v) is 14.0. The standard InChI is InChI=1S/C32H42N2O6/c1-32(2)23-40-30(37)14-10-5-3-4-9-13-26(31(38)34-32)20-29(36)33-27(21-35)19-24-15-17-28(18-16-24)39-22-25-11-7-6-8-12-25/h4,6-9,11-12,15-18,26-27,35H,3,5,10,13-14,19-23H2,1-2H3,(H,33,36)(H,34,38). The fraction of sp³-hybridized carbons (Fsp3) is 0.469. The van der Waals surface area contributed by atoms with Crippen molar-refractivity contribution in [2.24, 2.45) is 5.92 Å². The first kappa shape index (κ1) is 30.9. The number of rotatable bonds is 9. The minimum absolute atomic E-state index is 0.0190. The lowest BCUT2D eigenvalue weighted by molar-refractivity contribution is -0.147. The van der Waals surface area contributed by atoms with Crippen LogP contribution in [0.4, 0.5) is 0 Å². The lowest BCUT2D eigenvalue weighted by Crippen LogP contribution is -2.50. The zero-order valence-corrected chi connectivity index (χ0v) is 23.6. The number of aliphatic hydroxyl groups excluding tert-OH is 1. The number of hydrogen-bond acceptors (Lipinski definition) is 6. The fourth-order valence-corrected chi connectivity index (χ4v) is 4.42. The summed E-state index contributed by atoms with van der Waals surface area (Å²) in [5.74, 6) is -0.702. The largest absolute Gasteiger partial charge is 0.489 e. The molecule has 8 nitrogen and oxygen atoms in total. The Morgan fingerprint density at radius 2 is 1.82 bits per heavy atom. The highest BCUT2D eigenvalue weighted by atomic mass is 16.5. The van der Waals surface area contributed by atoms with Gasteiger partial charge in [0.2, 0.25) is 11.8 Å². The van der Waals surface area contributed by atoms with Gasteiger partial charge in [0.1, 0.15) is 19.0 Å². The topological polar surface area (TPSA) is 114 Å². The molecular weight excluding hydrogens is 508 g/mol. The van der Waals surface area contributed by atoms with Gasteiger partial charge >= 0.3 is 5.97 Å². The molecule has 1 heterocycles. The number of ether oxygens (including phenoxy) is 2. The Balaban J connectivity index is 1.55. The van der Waals surface area contributed by atoms with E-state index in [1.54, 1.807) is 13.8 Å². The molecular formula is C32H42N2O6. The third-order valence-corrected chi connectivity index (χ3v) is 6.69. The first-order chi connectivity index (χ1) is 19.2. The van der Waals surface area contributed by atoms with E-state index in [-0.39, 0.29) is 37.4 Å². The third kappa shape index (κ3) is 11.2. The van der Waals surface area contributed by atoms with Gasteiger partial charge in [-0.1, -0.05) is 54.6 Å². The van der Waals surface area contributed by atoms with Crippen LogP contribution in [0.1, 0.15) is 63.5 Å². The number of cyclic esters (lactones) is 1. The molecule has 0 aliphatic carbocycles. The average Bonchev–Trinajstić information content (AvgIpc) is 2.94. The Labute approximate surface area is 237 Å².